The van der Waals surface area contributed by atoms with Crippen LogP contribution in [0.5, 0.6) is 11.5 Å². The van der Waals surface area contributed by atoms with Crippen LogP contribution in [0.1, 0.15) is 6.92 Å². The van der Waals surface area contributed by atoms with E-state index in [0.717, 1.165) is 0 Å². The van der Waals surface area contributed by atoms with Crippen LogP contribution in [0.3, 0.4) is 0 Å². The smallest absolute Gasteiger partial charge is 0.344 e. The van der Waals surface area contributed by atoms with Crippen molar-refractivity contribution in [2.75, 3.05) is 19.0 Å². The fraction of sp³-hybridized carbons (Fsp3) is 0.222. The van der Waals surface area contributed by atoms with Gasteiger partial charge in [0.2, 0.25) is 0 Å². The first-order valence-corrected chi connectivity index (χ1v) is 8.37. The highest BCUT2D eigenvalue weighted by Crippen LogP contribution is 2.27. The Kier molecular flexibility index (Phi) is 7.12. The highest BCUT2D eigenvalue weighted by molar-refractivity contribution is 6.31. The van der Waals surface area contributed by atoms with Gasteiger partial charge in [-0.3, -0.25) is 4.79 Å². The van der Waals surface area contributed by atoms with Gasteiger partial charge in [0.05, 0.1) is 12.8 Å². The van der Waals surface area contributed by atoms with E-state index >= 15 is 0 Å². The summed E-state index contributed by atoms with van der Waals surface area (Å²) in [4.78, 5) is 24.0. The van der Waals surface area contributed by atoms with Gasteiger partial charge in [0.1, 0.15) is 11.5 Å². The minimum atomic E-state index is -1.03. The lowest BCUT2D eigenvalue weighted by molar-refractivity contribution is -0.155. The van der Waals surface area contributed by atoms with E-state index in [-0.39, 0.29) is 6.61 Å². The van der Waals surface area contributed by atoms with E-state index < -0.39 is 18.0 Å². The maximum Gasteiger partial charge on any atom is 0.344 e. The Hall–Kier alpha value is -2.44. The van der Waals surface area contributed by atoms with E-state index in [1.165, 1.54) is 20.1 Å². The summed E-state index contributed by atoms with van der Waals surface area (Å²) in [6.07, 6.45) is -1.03. The molecule has 8 heteroatoms. The maximum atomic E-state index is 12.2. The van der Waals surface area contributed by atoms with Crippen LogP contribution in [-0.2, 0) is 14.3 Å². The molecule has 26 heavy (non-hydrogen) atoms. The third kappa shape index (κ3) is 5.82. The standard InChI is InChI=1S/C18H17Cl2NO5/c1-11(18(23)21-15-9-13(20)5-8-16(15)24-2)26-17(22)10-25-14-6-3-12(19)4-7-14/h3-9,11H,10H2,1-2H3,(H,21,23)/t11-/m1/s1. The van der Waals surface area contributed by atoms with Crippen LogP contribution in [0.25, 0.3) is 0 Å². The lowest BCUT2D eigenvalue weighted by Gasteiger charge is -2.15. The topological polar surface area (TPSA) is 73.9 Å². The van der Waals surface area contributed by atoms with E-state index in [2.05, 4.69) is 5.32 Å². The van der Waals surface area contributed by atoms with Gasteiger partial charge in [0.25, 0.3) is 5.91 Å². The number of ether oxygens (including phenoxy) is 3. The number of rotatable bonds is 7. The van der Waals surface area contributed by atoms with Crippen LogP contribution < -0.4 is 14.8 Å². The number of nitrogens with one attached hydrogen (secondary N) is 1. The lowest BCUT2D eigenvalue weighted by atomic mass is 10.2. The number of halogens is 2. The first-order chi connectivity index (χ1) is 12.4. The van der Waals surface area contributed by atoms with Gasteiger partial charge in [-0.25, -0.2) is 4.79 Å². The van der Waals surface area contributed by atoms with Crippen LogP contribution in [0.15, 0.2) is 42.5 Å². The Morgan fingerprint density at radius 3 is 2.38 bits per heavy atom. The Bertz CT molecular complexity index is 780. The Labute approximate surface area is 160 Å². The molecule has 2 aromatic rings. The van der Waals surface area contributed by atoms with Crippen molar-refractivity contribution in [2.45, 2.75) is 13.0 Å². The van der Waals surface area contributed by atoms with Gasteiger partial charge in [0.15, 0.2) is 12.7 Å². The molecule has 0 spiro atoms. The van der Waals surface area contributed by atoms with Gasteiger partial charge in [-0.1, -0.05) is 23.2 Å². The number of hydrogen-bond donors (Lipinski definition) is 1. The molecule has 138 valence electrons. The van der Waals surface area contributed by atoms with E-state index in [0.29, 0.717) is 27.2 Å². The normalized spacial score (nSPS) is 11.4. The molecule has 0 heterocycles. The Morgan fingerprint density at radius 2 is 1.73 bits per heavy atom. The number of anilines is 1. The molecule has 1 amide bonds. The fourth-order valence-electron chi connectivity index (χ4n) is 1.97. The van der Waals surface area contributed by atoms with Crippen molar-refractivity contribution in [1.82, 2.24) is 0 Å². The zero-order valence-corrected chi connectivity index (χ0v) is 15.6. The molecule has 0 fully saturated rings. The third-order valence-corrected chi connectivity index (χ3v) is 3.75. The van der Waals surface area contributed by atoms with Crippen molar-refractivity contribution in [1.29, 1.82) is 0 Å². The van der Waals surface area contributed by atoms with Gasteiger partial charge in [-0.05, 0) is 49.4 Å². The maximum absolute atomic E-state index is 12.2. The molecule has 0 bridgehead atoms. The van der Waals surface area contributed by atoms with Gasteiger partial charge >= 0.3 is 5.97 Å². The highest BCUT2D eigenvalue weighted by atomic mass is 35.5. The minimum Gasteiger partial charge on any atom is -0.495 e. The average Bonchev–Trinajstić information content (AvgIpc) is 2.61. The second-order valence-corrected chi connectivity index (χ2v) is 6.08. The highest BCUT2D eigenvalue weighted by Gasteiger charge is 2.19. The first-order valence-electron chi connectivity index (χ1n) is 7.61. The molecular formula is C18H17Cl2NO5. The molecule has 0 unspecified atom stereocenters. The number of hydrogen-bond acceptors (Lipinski definition) is 5. The van der Waals surface area contributed by atoms with Crippen molar-refractivity contribution in [3.8, 4) is 11.5 Å². The van der Waals surface area contributed by atoms with E-state index in [1.807, 2.05) is 0 Å². The molecule has 0 aromatic heterocycles. The molecule has 0 aliphatic carbocycles. The van der Waals surface area contributed by atoms with E-state index in [4.69, 9.17) is 37.4 Å². The largest absolute Gasteiger partial charge is 0.495 e. The molecule has 0 aliphatic rings. The third-order valence-electron chi connectivity index (χ3n) is 3.27. The summed E-state index contributed by atoms with van der Waals surface area (Å²) in [6.45, 7) is 1.12. The van der Waals surface area contributed by atoms with Crippen molar-refractivity contribution in [3.05, 3.63) is 52.5 Å². The molecule has 6 nitrogen and oxygen atoms in total. The molecule has 0 aliphatic heterocycles. The van der Waals surface area contributed by atoms with Crippen molar-refractivity contribution in [2.24, 2.45) is 0 Å². The Balaban J connectivity index is 1.87. The van der Waals surface area contributed by atoms with Gasteiger partial charge in [-0.15, -0.1) is 0 Å². The van der Waals surface area contributed by atoms with Crippen LogP contribution in [0.2, 0.25) is 10.0 Å². The Morgan fingerprint density at radius 1 is 1.08 bits per heavy atom. The quantitative estimate of drug-likeness (QED) is 0.715. The van der Waals surface area contributed by atoms with E-state index in [9.17, 15) is 9.59 Å². The van der Waals surface area contributed by atoms with Crippen LogP contribution in [0, 0.1) is 0 Å². The van der Waals surface area contributed by atoms with Crippen LogP contribution in [-0.4, -0.2) is 31.7 Å². The number of carbonyl (C=O) groups is 2. The lowest BCUT2D eigenvalue weighted by Crippen LogP contribution is -2.31. The summed E-state index contributed by atoms with van der Waals surface area (Å²) >= 11 is 11.7. The van der Waals surface area contributed by atoms with Crippen molar-refractivity contribution < 1.29 is 23.8 Å². The van der Waals surface area contributed by atoms with Gasteiger partial charge in [-0.2, -0.15) is 0 Å². The molecule has 1 atom stereocenters. The summed E-state index contributed by atoms with van der Waals surface area (Å²) < 4.78 is 15.5. The number of carbonyl (C=O) groups excluding carboxylic acids is 2. The zero-order valence-electron chi connectivity index (χ0n) is 14.1. The molecule has 0 saturated carbocycles. The predicted molar refractivity (Wildman–Crippen MR) is 99.1 cm³/mol. The SMILES string of the molecule is COc1ccc(Cl)cc1NC(=O)[C@@H](C)OC(=O)COc1ccc(Cl)cc1. The summed E-state index contributed by atoms with van der Waals surface area (Å²) in [6, 6.07) is 11.3. The number of esters is 1. The van der Waals surface area contributed by atoms with Crippen molar-refractivity contribution >= 4 is 40.8 Å². The van der Waals surface area contributed by atoms with E-state index in [1.54, 1.807) is 36.4 Å². The molecule has 0 radical (unpaired) electrons. The summed E-state index contributed by atoms with van der Waals surface area (Å²) in [5, 5.41) is 3.60. The summed E-state index contributed by atoms with van der Waals surface area (Å²) in [5.74, 6) is -0.300. The first kappa shape index (κ1) is 19.9. The zero-order chi connectivity index (χ0) is 19.1. The fourth-order valence-corrected chi connectivity index (χ4v) is 2.27. The van der Waals surface area contributed by atoms with Gasteiger partial charge < -0.3 is 19.5 Å². The number of amides is 1. The minimum absolute atomic E-state index is 0.334. The molecule has 2 aromatic carbocycles. The molecular weight excluding hydrogens is 381 g/mol. The van der Waals surface area contributed by atoms with Crippen LogP contribution in [0.4, 0.5) is 5.69 Å². The monoisotopic (exact) mass is 397 g/mol. The molecule has 1 N–H and O–H groups in total. The summed E-state index contributed by atoms with van der Waals surface area (Å²) in [5.41, 5.74) is 0.380. The second kappa shape index (κ2) is 9.31. The number of benzene rings is 2. The van der Waals surface area contributed by atoms with Gasteiger partial charge in [0, 0.05) is 10.0 Å². The molecule has 2 rings (SSSR count). The predicted octanol–water partition coefficient (Wildman–Crippen LogP) is 3.95. The summed E-state index contributed by atoms with van der Waals surface area (Å²) in [7, 11) is 1.47. The average molecular weight is 398 g/mol. The van der Waals surface area contributed by atoms with Crippen LogP contribution >= 0.6 is 23.2 Å². The second-order valence-electron chi connectivity index (χ2n) is 5.21. The number of methoxy groups -OCH3 is 1. The molecule has 0 saturated heterocycles. The van der Waals surface area contributed by atoms with Crippen molar-refractivity contribution in [3.63, 3.8) is 0 Å².